The summed E-state index contributed by atoms with van der Waals surface area (Å²) in [6.45, 7) is 12.2. The van der Waals surface area contributed by atoms with E-state index in [1.54, 1.807) is 18.2 Å². The molecule has 2 rings (SSSR count). The lowest BCUT2D eigenvalue weighted by molar-refractivity contribution is -0.165. The van der Waals surface area contributed by atoms with Crippen LogP contribution in [0.15, 0.2) is 12.7 Å². The van der Waals surface area contributed by atoms with Crippen LogP contribution in [0, 0.1) is 6.57 Å². The molecule has 0 aliphatic carbocycles. The zero-order chi connectivity index (χ0) is 14.7. The van der Waals surface area contributed by atoms with Gasteiger partial charge in [0, 0.05) is 13.6 Å². The van der Waals surface area contributed by atoms with E-state index in [9.17, 15) is 0 Å². The van der Waals surface area contributed by atoms with Crippen LogP contribution in [-0.4, -0.2) is 49.3 Å². The first-order valence-electron chi connectivity index (χ1n) is 6.20. The van der Waals surface area contributed by atoms with Gasteiger partial charge in [0.25, 0.3) is 5.19 Å². The number of rotatable bonds is 5. The Bertz CT molecular complexity index is 525. The van der Waals surface area contributed by atoms with Crippen LogP contribution < -0.4 is 4.74 Å². The lowest BCUT2D eigenvalue weighted by Gasteiger charge is -2.34. The van der Waals surface area contributed by atoms with Gasteiger partial charge in [0.15, 0.2) is 5.69 Å². The highest BCUT2D eigenvalue weighted by atomic mass is 32.1. The molecule has 1 aromatic rings. The SMILES string of the molecule is [C-]#[N+]C1c2nc(OC)sc2C(N(C)OCC=C)CN1C. The smallest absolute Gasteiger partial charge is 0.323 e. The van der Waals surface area contributed by atoms with E-state index in [-0.39, 0.29) is 12.2 Å². The van der Waals surface area contributed by atoms with Crippen molar-refractivity contribution in [3.8, 4) is 5.19 Å². The first-order valence-corrected chi connectivity index (χ1v) is 7.02. The predicted molar refractivity (Wildman–Crippen MR) is 77.3 cm³/mol. The van der Waals surface area contributed by atoms with E-state index < -0.39 is 0 Å². The van der Waals surface area contributed by atoms with Crippen molar-refractivity contribution >= 4 is 11.3 Å². The van der Waals surface area contributed by atoms with Gasteiger partial charge in [-0.2, -0.15) is 10.0 Å². The van der Waals surface area contributed by atoms with Crippen molar-refractivity contribution in [2.24, 2.45) is 0 Å². The number of fused-ring (bicyclic) bond motifs is 1. The molecular formula is C13H18N4O2S. The van der Waals surface area contributed by atoms with Gasteiger partial charge in [-0.3, -0.25) is 9.68 Å². The summed E-state index contributed by atoms with van der Waals surface area (Å²) in [7, 11) is 5.40. The van der Waals surface area contributed by atoms with E-state index >= 15 is 0 Å². The van der Waals surface area contributed by atoms with Gasteiger partial charge < -0.3 is 4.74 Å². The van der Waals surface area contributed by atoms with E-state index in [0.29, 0.717) is 18.3 Å². The number of ether oxygens (including phenoxy) is 1. The number of aromatic nitrogens is 1. The Balaban J connectivity index is 2.34. The van der Waals surface area contributed by atoms with Gasteiger partial charge in [-0.05, 0) is 7.05 Å². The lowest BCUT2D eigenvalue weighted by Crippen LogP contribution is -2.40. The minimum Gasteiger partial charge on any atom is -0.473 e. The molecule has 20 heavy (non-hydrogen) atoms. The summed E-state index contributed by atoms with van der Waals surface area (Å²) in [5, 5.41) is 2.38. The Hall–Kier alpha value is -1.46. The molecule has 0 saturated carbocycles. The van der Waals surface area contributed by atoms with Crippen molar-refractivity contribution in [3.63, 3.8) is 0 Å². The second kappa shape index (κ2) is 6.33. The standard InChI is InChI=1S/C13H18N4O2S/c1-6-7-19-17(4)9-8-16(3)12(14-2)10-11(9)20-13(15-10)18-5/h6,9,12H,1,7-8H2,3-5H3. The van der Waals surface area contributed by atoms with Crippen LogP contribution in [0.4, 0.5) is 0 Å². The number of methoxy groups -OCH3 is 1. The largest absolute Gasteiger partial charge is 0.473 e. The average molecular weight is 294 g/mol. The summed E-state index contributed by atoms with van der Waals surface area (Å²) >= 11 is 1.48. The highest BCUT2D eigenvalue weighted by Crippen LogP contribution is 2.42. The quantitative estimate of drug-likeness (QED) is 0.473. The first kappa shape index (κ1) is 14.9. The zero-order valence-corrected chi connectivity index (χ0v) is 12.7. The van der Waals surface area contributed by atoms with Gasteiger partial charge >= 0.3 is 6.17 Å². The number of hydroxylamine groups is 2. The molecule has 0 radical (unpaired) electrons. The van der Waals surface area contributed by atoms with E-state index in [4.69, 9.17) is 16.1 Å². The molecular weight excluding hydrogens is 276 g/mol. The molecule has 7 heteroatoms. The van der Waals surface area contributed by atoms with Crippen molar-refractivity contribution in [1.82, 2.24) is 14.9 Å². The molecule has 2 unspecified atom stereocenters. The minimum atomic E-state index is -0.353. The van der Waals surface area contributed by atoms with Gasteiger partial charge in [-0.15, -0.1) is 6.58 Å². The van der Waals surface area contributed by atoms with Crippen molar-refractivity contribution < 1.29 is 9.57 Å². The summed E-state index contributed by atoms with van der Waals surface area (Å²) in [6, 6.07) is 0.0364. The Morgan fingerprint density at radius 2 is 2.45 bits per heavy atom. The Morgan fingerprint density at radius 3 is 3.05 bits per heavy atom. The number of nitrogens with zero attached hydrogens (tertiary/aromatic N) is 4. The molecule has 1 aromatic heterocycles. The van der Waals surface area contributed by atoms with E-state index in [1.165, 1.54) is 11.3 Å². The van der Waals surface area contributed by atoms with Gasteiger partial charge in [0.2, 0.25) is 0 Å². The number of hydrogen-bond acceptors (Lipinski definition) is 6. The molecule has 0 saturated heterocycles. The summed E-state index contributed by atoms with van der Waals surface area (Å²) < 4.78 is 5.21. The maximum Gasteiger partial charge on any atom is 0.323 e. The third-order valence-corrected chi connectivity index (χ3v) is 4.35. The maximum absolute atomic E-state index is 7.36. The number of likely N-dealkylation sites (N-methyl/N-ethyl adjacent to an activating group) is 2. The molecule has 1 aliphatic rings. The maximum atomic E-state index is 7.36. The molecule has 6 nitrogen and oxygen atoms in total. The van der Waals surface area contributed by atoms with E-state index in [2.05, 4.69) is 16.4 Å². The van der Waals surface area contributed by atoms with Crippen LogP contribution in [-0.2, 0) is 4.84 Å². The normalized spacial score (nSPS) is 22.4. The first-order chi connectivity index (χ1) is 9.62. The van der Waals surface area contributed by atoms with Crippen LogP contribution >= 0.6 is 11.3 Å². The molecule has 2 heterocycles. The zero-order valence-electron chi connectivity index (χ0n) is 11.9. The summed E-state index contributed by atoms with van der Waals surface area (Å²) in [5.41, 5.74) is 0.773. The molecule has 2 atom stereocenters. The topological polar surface area (TPSA) is 42.2 Å². The lowest BCUT2D eigenvalue weighted by atomic mass is 10.1. The molecule has 0 spiro atoms. The number of hydrogen-bond donors (Lipinski definition) is 0. The minimum absolute atomic E-state index is 0.0364. The van der Waals surface area contributed by atoms with Gasteiger partial charge in [0.1, 0.15) is 0 Å². The van der Waals surface area contributed by atoms with Gasteiger partial charge in [-0.1, -0.05) is 17.4 Å². The molecule has 0 aromatic carbocycles. The molecule has 0 fully saturated rings. The Kier molecular flexibility index (Phi) is 4.73. The fourth-order valence-corrected chi connectivity index (χ4v) is 3.23. The predicted octanol–water partition coefficient (Wildman–Crippen LogP) is 2.11. The fraction of sp³-hybridized carbons (Fsp3) is 0.538. The molecule has 0 bridgehead atoms. The van der Waals surface area contributed by atoms with E-state index in [0.717, 1.165) is 10.6 Å². The number of thiazole rings is 1. The van der Waals surface area contributed by atoms with Crippen molar-refractivity contribution in [2.75, 3.05) is 34.4 Å². The third-order valence-electron chi connectivity index (χ3n) is 3.22. The van der Waals surface area contributed by atoms with Crippen LogP contribution in [0.5, 0.6) is 5.19 Å². The van der Waals surface area contributed by atoms with Crippen LogP contribution in [0.3, 0.4) is 0 Å². The fourth-order valence-electron chi connectivity index (χ4n) is 2.20. The second-order valence-corrected chi connectivity index (χ2v) is 5.52. The highest BCUT2D eigenvalue weighted by Gasteiger charge is 2.40. The Labute approximate surface area is 123 Å². The Morgan fingerprint density at radius 1 is 1.70 bits per heavy atom. The summed E-state index contributed by atoms with van der Waals surface area (Å²) in [6.07, 6.45) is 1.35. The van der Waals surface area contributed by atoms with Crippen molar-refractivity contribution in [2.45, 2.75) is 12.2 Å². The highest BCUT2D eigenvalue weighted by molar-refractivity contribution is 7.13. The summed E-state index contributed by atoms with van der Waals surface area (Å²) in [5.74, 6) is 0. The molecule has 0 N–H and O–H groups in total. The van der Waals surface area contributed by atoms with E-state index in [1.807, 2.05) is 19.0 Å². The monoisotopic (exact) mass is 294 g/mol. The second-order valence-electron chi connectivity index (χ2n) is 4.52. The van der Waals surface area contributed by atoms with Gasteiger partial charge in [-0.25, -0.2) is 11.5 Å². The molecule has 0 amide bonds. The average Bonchev–Trinajstić information content (AvgIpc) is 2.87. The molecule has 108 valence electrons. The van der Waals surface area contributed by atoms with Crippen molar-refractivity contribution in [3.05, 3.63) is 34.6 Å². The van der Waals surface area contributed by atoms with Crippen LogP contribution in [0.2, 0.25) is 0 Å². The van der Waals surface area contributed by atoms with Crippen molar-refractivity contribution in [1.29, 1.82) is 0 Å². The molecule has 1 aliphatic heterocycles. The van der Waals surface area contributed by atoms with Crippen LogP contribution in [0.1, 0.15) is 22.8 Å². The van der Waals surface area contributed by atoms with Gasteiger partial charge in [0.05, 0.1) is 24.6 Å². The summed E-state index contributed by atoms with van der Waals surface area (Å²) in [4.78, 5) is 16.7. The van der Waals surface area contributed by atoms with Crippen LogP contribution in [0.25, 0.3) is 4.85 Å². The third kappa shape index (κ3) is 2.69.